The number of nitrogens with two attached hydrogens (primary N) is 1. The molecule has 0 aliphatic carbocycles. The molecule has 0 atom stereocenters. The number of amides is 1. The first kappa shape index (κ1) is 14.2. The summed E-state index contributed by atoms with van der Waals surface area (Å²) < 4.78 is 5.72. The van der Waals surface area contributed by atoms with Crippen LogP contribution in [0.5, 0.6) is 5.75 Å². The van der Waals surface area contributed by atoms with E-state index in [9.17, 15) is 4.79 Å². The molecule has 2 heterocycles. The quantitative estimate of drug-likeness (QED) is 0.832. The number of benzene rings is 1. The highest BCUT2D eigenvalue weighted by Gasteiger charge is 2.34. The zero-order chi connectivity index (χ0) is 15.0. The number of fused-ring (bicyclic) bond motifs is 1. The van der Waals surface area contributed by atoms with Crippen molar-refractivity contribution in [3.8, 4) is 5.75 Å². The Morgan fingerprint density at radius 3 is 2.71 bits per heavy atom. The van der Waals surface area contributed by atoms with Crippen LogP contribution in [0.1, 0.15) is 42.6 Å². The second-order valence-electron chi connectivity index (χ2n) is 6.13. The van der Waals surface area contributed by atoms with E-state index in [1.807, 2.05) is 24.8 Å². The minimum absolute atomic E-state index is 0.0722. The maximum atomic E-state index is 12.6. The van der Waals surface area contributed by atoms with E-state index in [1.165, 1.54) is 0 Å². The summed E-state index contributed by atoms with van der Waals surface area (Å²) in [5.41, 5.74) is 8.34. The Morgan fingerprint density at radius 2 is 2.05 bits per heavy atom. The van der Waals surface area contributed by atoms with Crippen LogP contribution < -0.4 is 15.8 Å². The van der Waals surface area contributed by atoms with Gasteiger partial charge in [0.05, 0.1) is 11.8 Å². The number of hydrogen-bond acceptors (Lipinski definition) is 4. The average molecular weight is 289 g/mol. The van der Waals surface area contributed by atoms with E-state index in [1.54, 1.807) is 6.07 Å². The number of nitrogens with zero attached hydrogens (tertiary/aromatic N) is 1. The number of rotatable bonds is 3. The summed E-state index contributed by atoms with van der Waals surface area (Å²) in [6.45, 7) is 6.58. The number of nitrogens with one attached hydrogen (secondary N) is 1. The summed E-state index contributed by atoms with van der Waals surface area (Å²) in [5, 5.41) is 3.34. The molecule has 114 valence electrons. The first-order valence-electron chi connectivity index (χ1n) is 7.67. The van der Waals surface area contributed by atoms with Crippen LogP contribution in [0, 0.1) is 0 Å². The number of nitrogen functional groups attached to an aromatic ring is 1. The molecule has 1 amide bonds. The van der Waals surface area contributed by atoms with Gasteiger partial charge in [0.25, 0.3) is 5.91 Å². The maximum absolute atomic E-state index is 12.6. The Labute approximate surface area is 125 Å². The monoisotopic (exact) mass is 289 g/mol. The van der Waals surface area contributed by atoms with Gasteiger partial charge in [-0.25, -0.2) is 0 Å². The van der Waals surface area contributed by atoms with Crippen LogP contribution in [0.4, 0.5) is 5.69 Å². The van der Waals surface area contributed by atoms with Gasteiger partial charge in [0, 0.05) is 18.2 Å². The third-order valence-corrected chi connectivity index (χ3v) is 4.18. The van der Waals surface area contributed by atoms with E-state index in [0.29, 0.717) is 24.0 Å². The Hall–Kier alpha value is -1.75. The van der Waals surface area contributed by atoms with Gasteiger partial charge in [-0.1, -0.05) is 0 Å². The van der Waals surface area contributed by atoms with Crippen molar-refractivity contribution in [2.75, 3.05) is 18.8 Å². The topological polar surface area (TPSA) is 67.6 Å². The molecule has 0 bridgehead atoms. The molecule has 1 aromatic rings. The summed E-state index contributed by atoms with van der Waals surface area (Å²) >= 11 is 0. The van der Waals surface area contributed by atoms with Gasteiger partial charge in [0.2, 0.25) is 0 Å². The smallest absolute Gasteiger partial charge is 0.254 e. The Kier molecular flexibility index (Phi) is 3.76. The lowest BCUT2D eigenvalue weighted by Gasteiger charge is -2.31. The predicted molar refractivity (Wildman–Crippen MR) is 82.4 cm³/mol. The summed E-state index contributed by atoms with van der Waals surface area (Å²) in [6.07, 6.45) is 2.11. The van der Waals surface area contributed by atoms with Crippen LogP contribution in [0.15, 0.2) is 12.1 Å². The first-order chi connectivity index (χ1) is 10.1. The van der Waals surface area contributed by atoms with Crippen LogP contribution in [0.2, 0.25) is 0 Å². The molecule has 0 radical (unpaired) electrons. The van der Waals surface area contributed by atoms with Crippen molar-refractivity contribution >= 4 is 11.6 Å². The van der Waals surface area contributed by atoms with Crippen LogP contribution in [-0.2, 0) is 6.54 Å². The van der Waals surface area contributed by atoms with Crippen molar-refractivity contribution in [3.63, 3.8) is 0 Å². The zero-order valence-corrected chi connectivity index (χ0v) is 12.7. The lowest BCUT2D eigenvalue weighted by molar-refractivity contribution is 0.0668. The predicted octanol–water partition coefficient (Wildman–Crippen LogP) is 1.76. The number of anilines is 1. The molecule has 2 aliphatic rings. The fraction of sp³-hybridized carbons (Fsp3) is 0.562. The molecule has 1 fully saturated rings. The second kappa shape index (κ2) is 5.56. The van der Waals surface area contributed by atoms with Crippen LogP contribution >= 0.6 is 0 Å². The summed E-state index contributed by atoms with van der Waals surface area (Å²) in [4.78, 5) is 14.6. The molecule has 5 heteroatoms. The molecule has 2 aliphatic heterocycles. The van der Waals surface area contributed by atoms with Gasteiger partial charge in [-0.2, -0.15) is 0 Å². The van der Waals surface area contributed by atoms with Crippen molar-refractivity contribution in [1.82, 2.24) is 10.2 Å². The third kappa shape index (κ3) is 2.70. The lowest BCUT2D eigenvalue weighted by Crippen LogP contribution is -2.43. The van der Waals surface area contributed by atoms with E-state index in [0.717, 1.165) is 37.1 Å². The van der Waals surface area contributed by atoms with Gasteiger partial charge in [0.15, 0.2) is 0 Å². The highest BCUT2D eigenvalue weighted by molar-refractivity contribution is 5.99. The zero-order valence-electron chi connectivity index (χ0n) is 12.7. The highest BCUT2D eigenvalue weighted by Crippen LogP contribution is 2.34. The second-order valence-corrected chi connectivity index (χ2v) is 6.13. The molecule has 0 saturated carbocycles. The molecule has 3 N–H and O–H groups in total. The van der Waals surface area contributed by atoms with E-state index in [2.05, 4.69) is 5.32 Å². The molecule has 21 heavy (non-hydrogen) atoms. The van der Waals surface area contributed by atoms with Crippen LogP contribution in [0.3, 0.4) is 0 Å². The van der Waals surface area contributed by atoms with Gasteiger partial charge in [-0.05, 0) is 57.5 Å². The van der Waals surface area contributed by atoms with Crippen LogP contribution in [-0.4, -0.2) is 36.0 Å². The van der Waals surface area contributed by atoms with Gasteiger partial charge in [-0.15, -0.1) is 0 Å². The van der Waals surface area contributed by atoms with E-state index in [4.69, 9.17) is 10.5 Å². The highest BCUT2D eigenvalue weighted by atomic mass is 16.5. The van der Waals surface area contributed by atoms with Crippen molar-refractivity contribution in [1.29, 1.82) is 0 Å². The molecular formula is C16H23N3O2. The number of carbonyl (C=O) groups is 1. The van der Waals surface area contributed by atoms with Crippen molar-refractivity contribution in [2.24, 2.45) is 0 Å². The van der Waals surface area contributed by atoms with Crippen molar-refractivity contribution in [3.05, 3.63) is 23.3 Å². The molecule has 1 saturated heterocycles. The summed E-state index contributed by atoms with van der Waals surface area (Å²) in [6, 6.07) is 4.04. The van der Waals surface area contributed by atoms with Crippen molar-refractivity contribution in [2.45, 2.75) is 45.4 Å². The van der Waals surface area contributed by atoms with E-state index in [-0.39, 0.29) is 12.0 Å². The molecule has 0 spiro atoms. The Balaban J connectivity index is 1.85. The molecular weight excluding hydrogens is 266 g/mol. The summed E-state index contributed by atoms with van der Waals surface area (Å²) in [7, 11) is 0. The number of ether oxygens (including phenoxy) is 1. The standard InChI is InChI=1S/C16H23N3O2/c1-10(2)21-15-7-11-9-19(12-3-5-18-6-4-12)16(20)13(11)8-14(15)17/h7-8,10,12,18H,3-6,9,17H2,1-2H3. The average Bonchev–Trinajstić information content (AvgIpc) is 2.77. The SMILES string of the molecule is CC(C)Oc1cc2c(cc1N)C(=O)N(C1CCNCC1)C2. The number of piperidine rings is 1. The summed E-state index contributed by atoms with van der Waals surface area (Å²) in [5.74, 6) is 0.795. The van der Waals surface area contributed by atoms with Gasteiger partial charge in [-0.3, -0.25) is 4.79 Å². The Bertz CT molecular complexity index is 551. The minimum Gasteiger partial charge on any atom is -0.489 e. The lowest BCUT2D eigenvalue weighted by atomic mass is 10.1. The normalized spacial score (nSPS) is 19.2. The van der Waals surface area contributed by atoms with Gasteiger partial charge < -0.3 is 20.7 Å². The fourth-order valence-corrected chi connectivity index (χ4v) is 3.15. The Morgan fingerprint density at radius 1 is 1.33 bits per heavy atom. The molecule has 3 rings (SSSR count). The van der Waals surface area contributed by atoms with Crippen LogP contribution in [0.25, 0.3) is 0 Å². The molecule has 1 aromatic carbocycles. The number of hydrogen-bond donors (Lipinski definition) is 2. The van der Waals surface area contributed by atoms with Crippen molar-refractivity contribution < 1.29 is 9.53 Å². The van der Waals surface area contributed by atoms with E-state index < -0.39 is 0 Å². The first-order valence-corrected chi connectivity index (χ1v) is 7.67. The number of carbonyl (C=O) groups excluding carboxylic acids is 1. The largest absolute Gasteiger partial charge is 0.489 e. The molecule has 5 nitrogen and oxygen atoms in total. The van der Waals surface area contributed by atoms with E-state index >= 15 is 0 Å². The van der Waals surface area contributed by atoms with Gasteiger partial charge in [0.1, 0.15) is 5.75 Å². The fourth-order valence-electron chi connectivity index (χ4n) is 3.15. The molecule has 0 aromatic heterocycles. The molecule has 0 unspecified atom stereocenters. The third-order valence-electron chi connectivity index (χ3n) is 4.18. The van der Waals surface area contributed by atoms with Gasteiger partial charge >= 0.3 is 0 Å². The minimum atomic E-state index is 0.0722. The maximum Gasteiger partial charge on any atom is 0.254 e.